The van der Waals surface area contributed by atoms with E-state index in [4.69, 9.17) is 5.73 Å². The molecule has 0 fully saturated rings. The number of rotatable bonds is 5. The van der Waals surface area contributed by atoms with Crippen LogP contribution < -0.4 is 10.6 Å². The van der Waals surface area contributed by atoms with E-state index in [1.54, 1.807) is 12.3 Å². The SMILES string of the molecule is CC(N)c1cccc(F)c1N(C)CCc1ccccn1. The van der Waals surface area contributed by atoms with E-state index >= 15 is 0 Å². The summed E-state index contributed by atoms with van der Waals surface area (Å²) in [6.45, 7) is 2.56. The number of aromatic nitrogens is 1. The summed E-state index contributed by atoms with van der Waals surface area (Å²) in [5.41, 5.74) is 8.33. The van der Waals surface area contributed by atoms with Crippen LogP contribution in [0.1, 0.15) is 24.2 Å². The first kappa shape index (κ1) is 14.5. The van der Waals surface area contributed by atoms with Crippen molar-refractivity contribution in [2.75, 3.05) is 18.5 Å². The van der Waals surface area contributed by atoms with Crippen LogP contribution in [-0.2, 0) is 6.42 Å². The highest BCUT2D eigenvalue weighted by atomic mass is 19.1. The standard InChI is InChI=1S/C16H20FN3/c1-12(18)14-7-5-8-15(17)16(14)20(2)11-9-13-6-3-4-10-19-13/h3-8,10,12H,9,11,18H2,1-2H3. The number of nitrogens with zero attached hydrogens (tertiary/aromatic N) is 2. The molecule has 2 N–H and O–H groups in total. The number of pyridine rings is 1. The Hall–Kier alpha value is -1.94. The van der Waals surface area contributed by atoms with Crippen LogP contribution in [-0.4, -0.2) is 18.6 Å². The molecule has 0 aliphatic rings. The molecular formula is C16H20FN3. The third-order valence-corrected chi connectivity index (χ3v) is 3.32. The van der Waals surface area contributed by atoms with E-state index in [0.717, 1.165) is 17.7 Å². The number of para-hydroxylation sites is 1. The predicted molar refractivity (Wildman–Crippen MR) is 80.2 cm³/mol. The molecule has 20 heavy (non-hydrogen) atoms. The van der Waals surface area contributed by atoms with Gasteiger partial charge in [0.1, 0.15) is 5.82 Å². The summed E-state index contributed by atoms with van der Waals surface area (Å²) < 4.78 is 14.1. The molecule has 2 aromatic rings. The molecule has 0 saturated carbocycles. The first-order valence-electron chi connectivity index (χ1n) is 6.74. The maximum Gasteiger partial charge on any atom is 0.146 e. The zero-order valence-corrected chi connectivity index (χ0v) is 11.9. The predicted octanol–water partition coefficient (Wildman–Crippen LogP) is 2.92. The van der Waals surface area contributed by atoms with Gasteiger partial charge in [-0.25, -0.2) is 4.39 Å². The number of hydrogen-bond acceptors (Lipinski definition) is 3. The van der Waals surface area contributed by atoms with Crippen LogP contribution in [0.4, 0.5) is 10.1 Å². The first-order chi connectivity index (χ1) is 9.59. The highest BCUT2D eigenvalue weighted by molar-refractivity contribution is 5.55. The van der Waals surface area contributed by atoms with Gasteiger partial charge in [-0.15, -0.1) is 0 Å². The second-order valence-corrected chi connectivity index (χ2v) is 4.96. The number of hydrogen-bond donors (Lipinski definition) is 1. The summed E-state index contributed by atoms with van der Waals surface area (Å²) in [6.07, 6.45) is 2.54. The van der Waals surface area contributed by atoms with Crippen molar-refractivity contribution < 1.29 is 4.39 Å². The van der Waals surface area contributed by atoms with E-state index in [-0.39, 0.29) is 11.9 Å². The van der Waals surface area contributed by atoms with Gasteiger partial charge in [-0.3, -0.25) is 4.98 Å². The van der Waals surface area contributed by atoms with Gasteiger partial charge < -0.3 is 10.6 Å². The average Bonchev–Trinajstić information content (AvgIpc) is 2.45. The van der Waals surface area contributed by atoms with Crippen molar-refractivity contribution in [1.29, 1.82) is 0 Å². The summed E-state index contributed by atoms with van der Waals surface area (Å²) >= 11 is 0. The first-order valence-corrected chi connectivity index (χ1v) is 6.74. The minimum Gasteiger partial charge on any atom is -0.372 e. The van der Waals surface area contributed by atoms with Crippen molar-refractivity contribution in [1.82, 2.24) is 4.98 Å². The van der Waals surface area contributed by atoms with Crippen LogP contribution in [0.25, 0.3) is 0 Å². The van der Waals surface area contributed by atoms with E-state index in [2.05, 4.69) is 4.98 Å². The quantitative estimate of drug-likeness (QED) is 0.910. The van der Waals surface area contributed by atoms with Crippen LogP contribution in [0, 0.1) is 5.82 Å². The van der Waals surface area contributed by atoms with Gasteiger partial charge in [0, 0.05) is 37.9 Å². The number of benzene rings is 1. The molecule has 106 valence electrons. The summed E-state index contributed by atoms with van der Waals surface area (Å²) in [5.74, 6) is -0.233. The zero-order chi connectivity index (χ0) is 14.5. The molecule has 1 aromatic carbocycles. The van der Waals surface area contributed by atoms with Crippen LogP contribution in [0.2, 0.25) is 0 Å². The van der Waals surface area contributed by atoms with Crippen LogP contribution in [0.3, 0.4) is 0 Å². The van der Waals surface area contributed by atoms with Gasteiger partial charge in [0.05, 0.1) is 5.69 Å². The molecule has 4 heteroatoms. The third-order valence-electron chi connectivity index (χ3n) is 3.32. The smallest absolute Gasteiger partial charge is 0.146 e. The molecule has 0 radical (unpaired) electrons. The van der Waals surface area contributed by atoms with Gasteiger partial charge in [-0.2, -0.15) is 0 Å². The molecular weight excluding hydrogens is 253 g/mol. The lowest BCUT2D eigenvalue weighted by Crippen LogP contribution is -2.24. The van der Waals surface area contributed by atoms with E-state index in [1.165, 1.54) is 6.07 Å². The average molecular weight is 273 g/mol. The Balaban J connectivity index is 2.15. The van der Waals surface area contributed by atoms with E-state index in [9.17, 15) is 4.39 Å². The second kappa shape index (κ2) is 6.48. The van der Waals surface area contributed by atoms with Crippen LogP contribution in [0.15, 0.2) is 42.6 Å². The van der Waals surface area contributed by atoms with Gasteiger partial charge in [-0.05, 0) is 30.7 Å². The fourth-order valence-corrected chi connectivity index (χ4v) is 2.24. The molecule has 0 amide bonds. The van der Waals surface area contributed by atoms with Crippen LogP contribution >= 0.6 is 0 Å². The molecule has 0 spiro atoms. The number of halogens is 1. The Morgan fingerprint density at radius 2 is 2.05 bits per heavy atom. The largest absolute Gasteiger partial charge is 0.372 e. The Bertz CT molecular complexity index is 555. The summed E-state index contributed by atoms with van der Waals surface area (Å²) in [6, 6.07) is 10.7. The molecule has 1 aromatic heterocycles. The number of anilines is 1. The van der Waals surface area contributed by atoms with Gasteiger partial charge in [0.15, 0.2) is 0 Å². The molecule has 0 bridgehead atoms. The van der Waals surface area contributed by atoms with E-state index < -0.39 is 0 Å². The molecule has 1 atom stereocenters. The number of likely N-dealkylation sites (N-methyl/N-ethyl adjacent to an activating group) is 1. The van der Waals surface area contributed by atoms with Crippen molar-refractivity contribution in [3.63, 3.8) is 0 Å². The molecule has 0 aliphatic heterocycles. The Labute approximate surface area is 119 Å². The van der Waals surface area contributed by atoms with Gasteiger partial charge in [0.25, 0.3) is 0 Å². The summed E-state index contributed by atoms with van der Waals surface area (Å²) in [5, 5.41) is 0. The molecule has 1 heterocycles. The second-order valence-electron chi connectivity index (χ2n) is 4.96. The highest BCUT2D eigenvalue weighted by Gasteiger charge is 2.15. The maximum atomic E-state index is 14.1. The topological polar surface area (TPSA) is 42.1 Å². The Kier molecular flexibility index (Phi) is 4.69. The Morgan fingerprint density at radius 3 is 2.70 bits per heavy atom. The van der Waals surface area contributed by atoms with Gasteiger partial charge in [0.2, 0.25) is 0 Å². The molecule has 3 nitrogen and oxygen atoms in total. The molecule has 0 saturated heterocycles. The summed E-state index contributed by atoms with van der Waals surface area (Å²) in [4.78, 5) is 6.18. The monoisotopic (exact) mass is 273 g/mol. The fourth-order valence-electron chi connectivity index (χ4n) is 2.24. The van der Waals surface area contributed by atoms with Crippen molar-refractivity contribution in [2.24, 2.45) is 5.73 Å². The van der Waals surface area contributed by atoms with Crippen LogP contribution in [0.5, 0.6) is 0 Å². The third kappa shape index (κ3) is 3.33. The fraction of sp³-hybridized carbons (Fsp3) is 0.312. The normalized spacial score (nSPS) is 12.2. The minimum atomic E-state index is -0.233. The lowest BCUT2D eigenvalue weighted by atomic mass is 10.1. The van der Waals surface area contributed by atoms with Crippen molar-refractivity contribution in [3.05, 3.63) is 59.7 Å². The van der Waals surface area contributed by atoms with Gasteiger partial charge in [-0.1, -0.05) is 18.2 Å². The molecule has 2 rings (SSSR count). The van der Waals surface area contributed by atoms with E-state index in [1.807, 2.05) is 43.1 Å². The van der Waals surface area contributed by atoms with E-state index in [0.29, 0.717) is 12.2 Å². The number of nitrogens with two attached hydrogens (primary N) is 1. The lowest BCUT2D eigenvalue weighted by Gasteiger charge is -2.24. The van der Waals surface area contributed by atoms with Crippen molar-refractivity contribution in [3.8, 4) is 0 Å². The maximum absolute atomic E-state index is 14.1. The summed E-state index contributed by atoms with van der Waals surface area (Å²) in [7, 11) is 1.88. The van der Waals surface area contributed by atoms with Crippen molar-refractivity contribution in [2.45, 2.75) is 19.4 Å². The zero-order valence-electron chi connectivity index (χ0n) is 11.9. The Morgan fingerprint density at radius 1 is 1.25 bits per heavy atom. The lowest BCUT2D eigenvalue weighted by molar-refractivity contribution is 0.615. The van der Waals surface area contributed by atoms with Gasteiger partial charge >= 0.3 is 0 Å². The van der Waals surface area contributed by atoms with Crippen molar-refractivity contribution >= 4 is 5.69 Å². The molecule has 1 unspecified atom stereocenters. The molecule has 0 aliphatic carbocycles. The highest BCUT2D eigenvalue weighted by Crippen LogP contribution is 2.27. The minimum absolute atomic E-state index is 0.196.